The highest BCUT2D eigenvalue weighted by molar-refractivity contribution is 5.91. The lowest BCUT2D eigenvalue weighted by molar-refractivity contribution is -0.116. The number of aryl methyl sites for hydroxylation is 1. The zero-order chi connectivity index (χ0) is 18.2. The molecule has 0 saturated carbocycles. The van der Waals surface area contributed by atoms with Gasteiger partial charge in [-0.3, -0.25) is 4.79 Å². The Hall–Kier alpha value is -2.89. The van der Waals surface area contributed by atoms with E-state index in [1.807, 2.05) is 24.3 Å². The lowest BCUT2D eigenvalue weighted by atomic mass is 10.1. The van der Waals surface area contributed by atoms with Gasteiger partial charge in [-0.2, -0.15) is 0 Å². The van der Waals surface area contributed by atoms with Crippen molar-refractivity contribution in [1.29, 1.82) is 0 Å². The Morgan fingerprint density at radius 3 is 2.16 bits per heavy atom. The third-order valence-corrected chi connectivity index (χ3v) is 3.72. The molecule has 0 aromatic heterocycles. The van der Waals surface area contributed by atoms with Crippen molar-refractivity contribution in [3.63, 3.8) is 0 Å². The molecule has 0 spiro atoms. The number of nitrogens with one attached hydrogen (secondary N) is 1. The van der Waals surface area contributed by atoms with E-state index < -0.39 is 0 Å². The highest BCUT2D eigenvalue weighted by Gasteiger charge is 2.14. The van der Waals surface area contributed by atoms with Crippen molar-refractivity contribution in [3.8, 4) is 23.0 Å². The Balaban J connectivity index is 2.04. The number of ether oxygens (including phenoxy) is 4. The van der Waals surface area contributed by atoms with Crippen LogP contribution in [-0.2, 0) is 11.2 Å². The molecule has 0 fully saturated rings. The SMILES string of the molecule is COc1cccc(CCC(=O)Nc2cc(OC)c(OC)c(OC)c2)c1. The highest BCUT2D eigenvalue weighted by atomic mass is 16.5. The van der Waals surface area contributed by atoms with Crippen molar-refractivity contribution in [3.05, 3.63) is 42.0 Å². The van der Waals surface area contributed by atoms with Crippen molar-refractivity contribution in [1.82, 2.24) is 0 Å². The molecule has 0 aliphatic rings. The lowest BCUT2D eigenvalue weighted by Crippen LogP contribution is -2.12. The number of benzene rings is 2. The van der Waals surface area contributed by atoms with Gasteiger partial charge in [0.05, 0.1) is 28.4 Å². The van der Waals surface area contributed by atoms with Crippen molar-refractivity contribution in [2.75, 3.05) is 33.8 Å². The van der Waals surface area contributed by atoms with E-state index in [4.69, 9.17) is 18.9 Å². The molecular formula is C19H23NO5. The molecule has 134 valence electrons. The van der Waals surface area contributed by atoms with Crippen LogP contribution in [0.25, 0.3) is 0 Å². The minimum absolute atomic E-state index is 0.0999. The standard InChI is InChI=1S/C19H23NO5/c1-22-15-7-5-6-13(10-15)8-9-18(21)20-14-11-16(23-2)19(25-4)17(12-14)24-3/h5-7,10-12H,8-9H2,1-4H3,(H,20,21). The van der Waals surface area contributed by atoms with Gasteiger partial charge in [-0.15, -0.1) is 0 Å². The molecule has 0 saturated heterocycles. The van der Waals surface area contributed by atoms with E-state index in [1.165, 1.54) is 21.3 Å². The average Bonchev–Trinajstić information content (AvgIpc) is 2.65. The first-order valence-electron chi connectivity index (χ1n) is 7.84. The van der Waals surface area contributed by atoms with Crippen LogP contribution in [0.1, 0.15) is 12.0 Å². The molecule has 1 N–H and O–H groups in total. The van der Waals surface area contributed by atoms with Gasteiger partial charge < -0.3 is 24.3 Å². The van der Waals surface area contributed by atoms with E-state index in [0.717, 1.165) is 11.3 Å². The van der Waals surface area contributed by atoms with Crippen LogP contribution in [-0.4, -0.2) is 34.3 Å². The van der Waals surface area contributed by atoms with Crippen molar-refractivity contribution in [2.45, 2.75) is 12.8 Å². The maximum Gasteiger partial charge on any atom is 0.224 e. The summed E-state index contributed by atoms with van der Waals surface area (Å²) in [5.74, 6) is 2.15. The average molecular weight is 345 g/mol. The topological polar surface area (TPSA) is 66.0 Å². The molecule has 6 heteroatoms. The smallest absolute Gasteiger partial charge is 0.224 e. The number of amides is 1. The van der Waals surface area contributed by atoms with E-state index in [0.29, 0.717) is 35.8 Å². The lowest BCUT2D eigenvalue weighted by Gasteiger charge is -2.14. The third kappa shape index (κ3) is 4.79. The van der Waals surface area contributed by atoms with Crippen LogP contribution in [0, 0.1) is 0 Å². The molecule has 0 aliphatic heterocycles. The first-order chi connectivity index (χ1) is 12.1. The highest BCUT2D eigenvalue weighted by Crippen LogP contribution is 2.39. The molecule has 25 heavy (non-hydrogen) atoms. The van der Waals surface area contributed by atoms with Gasteiger partial charge in [-0.25, -0.2) is 0 Å². The van der Waals surface area contributed by atoms with Crippen LogP contribution in [0.4, 0.5) is 5.69 Å². The minimum Gasteiger partial charge on any atom is -0.497 e. The van der Waals surface area contributed by atoms with Crippen LogP contribution < -0.4 is 24.3 Å². The molecule has 0 atom stereocenters. The zero-order valence-electron chi connectivity index (χ0n) is 14.9. The number of hydrogen-bond acceptors (Lipinski definition) is 5. The Labute approximate surface area is 147 Å². The summed E-state index contributed by atoms with van der Waals surface area (Å²) in [5.41, 5.74) is 1.63. The van der Waals surface area contributed by atoms with Crippen LogP contribution >= 0.6 is 0 Å². The second-order valence-electron chi connectivity index (χ2n) is 5.31. The Morgan fingerprint density at radius 1 is 0.920 bits per heavy atom. The third-order valence-electron chi connectivity index (χ3n) is 3.72. The monoisotopic (exact) mass is 345 g/mol. The van der Waals surface area contributed by atoms with Crippen LogP contribution in [0.2, 0.25) is 0 Å². The molecule has 1 amide bonds. The molecular weight excluding hydrogens is 322 g/mol. The fraction of sp³-hybridized carbons (Fsp3) is 0.316. The predicted octanol–water partition coefficient (Wildman–Crippen LogP) is 3.29. The maximum absolute atomic E-state index is 12.2. The first-order valence-corrected chi connectivity index (χ1v) is 7.84. The van der Waals surface area contributed by atoms with E-state index in [9.17, 15) is 4.79 Å². The van der Waals surface area contributed by atoms with Gasteiger partial charge in [0.2, 0.25) is 11.7 Å². The van der Waals surface area contributed by atoms with E-state index in [-0.39, 0.29) is 5.91 Å². The second kappa shape index (κ2) is 8.82. The van der Waals surface area contributed by atoms with Gasteiger partial charge in [-0.1, -0.05) is 12.1 Å². The molecule has 0 bridgehead atoms. The van der Waals surface area contributed by atoms with Gasteiger partial charge in [0.25, 0.3) is 0 Å². The fourth-order valence-corrected chi connectivity index (χ4v) is 2.46. The van der Waals surface area contributed by atoms with Crippen molar-refractivity contribution in [2.24, 2.45) is 0 Å². The molecule has 0 unspecified atom stereocenters. The van der Waals surface area contributed by atoms with Gasteiger partial charge in [-0.05, 0) is 24.1 Å². The van der Waals surface area contributed by atoms with E-state index >= 15 is 0 Å². The molecule has 0 aliphatic carbocycles. The summed E-state index contributed by atoms with van der Waals surface area (Å²) in [6.07, 6.45) is 0.970. The minimum atomic E-state index is -0.0999. The molecule has 2 aromatic rings. The van der Waals surface area contributed by atoms with Gasteiger partial charge in [0.15, 0.2) is 11.5 Å². The number of carbonyl (C=O) groups is 1. The van der Waals surface area contributed by atoms with Crippen LogP contribution in [0.3, 0.4) is 0 Å². The molecule has 6 nitrogen and oxygen atoms in total. The fourth-order valence-electron chi connectivity index (χ4n) is 2.46. The summed E-state index contributed by atoms with van der Waals surface area (Å²) in [7, 11) is 6.22. The Bertz CT molecular complexity index is 704. The Kier molecular flexibility index (Phi) is 6.51. The number of carbonyl (C=O) groups excluding carboxylic acids is 1. The van der Waals surface area contributed by atoms with E-state index in [1.54, 1.807) is 19.2 Å². The second-order valence-corrected chi connectivity index (χ2v) is 5.31. The predicted molar refractivity (Wildman–Crippen MR) is 96.0 cm³/mol. The summed E-state index contributed by atoms with van der Waals surface area (Å²) < 4.78 is 21.0. The molecule has 0 heterocycles. The first kappa shape index (κ1) is 18.4. The van der Waals surface area contributed by atoms with Gasteiger partial charge >= 0.3 is 0 Å². The van der Waals surface area contributed by atoms with Crippen molar-refractivity contribution >= 4 is 11.6 Å². The summed E-state index contributed by atoms with van der Waals surface area (Å²) in [6, 6.07) is 11.1. The molecule has 2 aromatic carbocycles. The largest absolute Gasteiger partial charge is 0.497 e. The quantitative estimate of drug-likeness (QED) is 0.795. The number of anilines is 1. The zero-order valence-corrected chi connectivity index (χ0v) is 14.9. The Morgan fingerprint density at radius 2 is 1.60 bits per heavy atom. The summed E-state index contributed by atoms with van der Waals surface area (Å²) in [6.45, 7) is 0. The number of hydrogen-bond donors (Lipinski definition) is 1. The van der Waals surface area contributed by atoms with Gasteiger partial charge in [0.1, 0.15) is 5.75 Å². The van der Waals surface area contributed by atoms with Crippen molar-refractivity contribution < 1.29 is 23.7 Å². The summed E-state index contributed by atoms with van der Waals surface area (Å²) in [4.78, 5) is 12.2. The normalized spacial score (nSPS) is 10.1. The number of rotatable bonds is 8. The van der Waals surface area contributed by atoms with Gasteiger partial charge in [0, 0.05) is 24.2 Å². The van der Waals surface area contributed by atoms with Crippen LogP contribution in [0.5, 0.6) is 23.0 Å². The summed E-state index contributed by atoms with van der Waals surface area (Å²) in [5, 5.41) is 2.86. The molecule has 0 radical (unpaired) electrons. The maximum atomic E-state index is 12.2. The van der Waals surface area contributed by atoms with Crippen LogP contribution in [0.15, 0.2) is 36.4 Å². The summed E-state index contributed by atoms with van der Waals surface area (Å²) >= 11 is 0. The number of methoxy groups -OCH3 is 4. The van der Waals surface area contributed by atoms with E-state index in [2.05, 4.69) is 5.32 Å². The molecule has 2 rings (SSSR count).